The minimum absolute atomic E-state index is 0.300. The molecule has 114 valence electrons. The van der Waals surface area contributed by atoms with Crippen molar-refractivity contribution in [2.75, 3.05) is 33.7 Å². The molecule has 1 aliphatic heterocycles. The molecule has 2 heterocycles. The Morgan fingerprint density at radius 2 is 2.20 bits per heavy atom. The Bertz CT molecular complexity index is 540. The molecule has 1 saturated heterocycles. The normalized spacial score (nSPS) is 22.2. The number of nitrogens with one attached hydrogen (secondary N) is 2. The first-order valence-corrected chi connectivity index (χ1v) is 8.45. The van der Waals surface area contributed by atoms with Crippen LogP contribution in [0.1, 0.15) is 19.0 Å². The Kier molecular flexibility index (Phi) is 4.85. The van der Waals surface area contributed by atoms with Gasteiger partial charge in [-0.3, -0.25) is 0 Å². The van der Waals surface area contributed by atoms with Crippen LogP contribution < -0.4 is 5.32 Å². The number of hydrogen-bond donors (Lipinski definition) is 2. The molecular formula is C13H24N4O2S. The molecule has 20 heavy (non-hydrogen) atoms. The lowest BCUT2D eigenvalue weighted by Crippen LogP contribution is -2.52. The first-order chi connectivity index (χ1) is 9.48. The van der Waals surface area contributed by atoms with E-state index in [2.05, 4.69) is 29.2 Å². The Labute approximate surface area is 121 Å². The Balaban J connectivity index is 2.17. The first-order valence-electron chi connectivity index (χ1n) is 7.01. The zero-order valence-electron chi connectivity index (χ0n) is 12.4. The van der Waals surface area contributed by atoms with E-state index in [-0.39, 0.29) is 0 Å². The third-order valence-corrected chi connectivity index (χ3v) is 5.78. The van der Waals surface area contributed by atoms with Crippen molar-refractivity contribution in [2.45, 2.75) is 30.8 Å². The fraction of sp³-hybridized carbons (Fsp3) is 0.692. The van der Waals surface area contributed by atoms with E-state index in [9.17, 15) is 8.42 Å². The van der Waals surface area contributed by atoms with Crippen LogP contribution in [-0.2, 0) is 16.6 Å². The van der Waals surface area contributed by atoms with E-state index in [1.54, 1.807) is 16.6 Å². The van der Waals surface area contributed by atoms with Gasteiger partial charge in [0.05, 0.1) is 4.90 Å². The summed E-state index contributed by atoms with van der Waals surface area (Å²) in [6, 6.07) is 2.01. The molecule has 1 unspecified atom stereocenters. The summed E-state index contributed by atoms with van der Waals surface area (Å²) in [7, 11) is 0.511. The molecule has 1 fully saturated rings. The largest absolute Gasteiger partial charge is 0.363 e. The van der Waals surface area contributed by atoms with Crippen molar-refractivity contribution in [3.63, 3.8) is 0 Å². The highest BCUT2D eigenvalue weighted by molar-refractivity contribution is 7.89. The second-order valence-corrected chi connectivity index (χ2v) is 7.23. The number of rotatable bonds is 5. The number of piperazine rings is 1. The highest BCUT2D eigenvalue weighted by Gasteiger charge is 2.32. The first kappa shape index (κ1) is 15.5. The van der Waals surface area contributed by atoms with Gasteiger partial charge in [-0.2, -0.15) is 4.31 Å². The van der Waals surface area contributed by atoms with Crippen molar-refractivity contribution < 1.29 is 8.42 Å². The second kappa shape index (κ2) is 6.26. The molecule has 1 aromatic rings. The van der Waals surface area contributed by atoms with Crippen LogP contribution in [0.5, 0.6) is 0 Å². The maximum absolute atomic E-state index is 12.6. The van der Waals surface area contributed by atoms with Crippen molar-refractivity contribution >= 4 is 10.0 Å². The Morgan fingerprint density at radius 1 is 1.45 bits per heavy atom. The van der Waals surface area contributed by atoms with Crippen molar-refractivity contribution in [2.24, 2.45) is 0 Å². The Morgan fingerprint density at radius 3 is 2.85 bits per heavy atom. The molecule has 2 rings (SSSR count). The molecule has 0 saturated carbocycles. The number of likely N-dealkylation sites (N-methyl/N-ethyl adjacent to an activating group) is 1. The smallest absolute Gasteiger partial charge is 0.244 e. The van der Waals surface area contributed by atoms with Crippen LogP contribution in [-0.4, -0.2) is 62.4 Å². The highest BCUT2D eigenvalue weighted by Crippen LogP contribution is 2.21. The highest BCUT2D eigenvalue weighted by atomic mass is 32.2. The molecule has 0 radical (unpaired) electrons. The van der Waals surface area contributed by atoms with Gasteiger partial charge in [0.2, 0.25) is 10.0 Å². The van der Waals surface area contributed by atoms with Crippen LogP contribution in [0.15, 0.2) is 17.2 Å². The average Bonchev–Trinajstić information content (AvgIpc) is 2.89. The molecule has 0 spiro atoms. The van der Waals surface area contributed by atoms with Gasteiger partial charge >= 0.3 is 0 Å². The van der Waals surface area contributed by atoms with Crippen LogP contribution in [0.25, 0.3) is 0 Å². The molecule has 1 aromatic heterocycles. The predicted octanol–water partition coefficient (Wildman–Crippen LogP) is 0.449. The van der Waals surface area contributed by atoms with Gasteiger partial charge in [0.1, 0.15) is 0 Å². The van der Waals surface area contributed by atoms with Crippen LogP contribution in [0, 0.1) is 0 Å². The fourth-order valence-electron chi connectivity index (χ4n) is 2.59. The SMILES string of the molecule is CCC1CN(S(=O)(=O)c2c[nH]c(CNC)c2)CCN1C. The van der Waals surface area contributed by atoms with Gasteiger partial charge in [-0.25, -0.2) is 8.42 Å². The standard InChI is InChI=1S/C13H24N4O2S/c1-4-12-10-17(6-5-16(12)3)20(18,19)13-7-11(8-14-2)15-9-13/h7,9,12,14-15H,4-6,8,10H2,1-3H3. The summed E-state index contributed by atoms with van der Waals surface area (Å²) < 4.78 is 26.9. The summed E-state index contributed by atoms with van der Waals surface area (Å²) in [6.07, 6.45) is 2.54. The fourth-order valence-corrected chi connectivity index (χ4v) is 4.07. The summed E-state index contributed by atoms with van der Waals surface area (Å²) in [5.74, 6) is 0. The molecule has 1 aliphatic rings. The lowest BCUT2D eigenvalue weighted by Gasteiger charge is -2.38. The molecule has 0 aromatic carbocycles. The summed E-state index contributed by atoms with van der Waals surface area (Å²) >= 11 is 0. The summed E-state index contributed by atoms with van der Waals surface area (Å²) in [6.45, 7) is 4.64. The second-order valence-electron chi connectivity index (χ2n) is 5.30. The summed E-state index contributed by atoms with van der Waals surface area (Å²) in [4.78, 5) is 5.60. The van der Waals surface area contributed by atoms with E-state index in [0.717, 1.165) is 18.7 Å². The Hall–Kier alpha value is -0.890. The third kappa shape index (κ3) is 3.06. The lowest BCUT2D eigenvalue weighted by atomic mass is 10.1. The molecule has 0 bridgehead atoms. The quantitative estimate of drug-likeness (QED) is 0.828. The van der Waals surface area contributed by atoms with Crippen LogP contribution in [0.4, 0.5) is 0 Å². The molecule has 6 nitrogen and oxygen atoms in total. The lowest BCUT2D eigenvalue weighted by molar-refractivity contribution is 0.144. The monoisotopic (exact) mass is 300 g/mol. The summed E-state index contributed by atoms with van der Waals surface area (Å²) in [5, 5.41) is 3.00. The number of H-pyrrole nitrogens is 1. The van der Waals surface area contributed by atoms with Crippen molar-refractivity contribution in [1.82, 2.24) is 19.5 Å². The number of aromatic nitrogens is 1. The van der Waals surface area contributed by atoms with Crippen LogP contribution in [0.3, 0.4) is 0 Å². The number of sulfonamides is 1. The molecule has 1 atom stereocenters. The maximum Gasteiger partial charge on any atom is 0.244 e. The zero-order chi connectivity index (χ0) is 14.8. The van der Waals surface area contributed by atoms with E-state index < -0.39 is 10.0 Å². The van der Waals surface area contributed by atoms with E-state index in [1.165, 1.54) is 0 Å². The van der Waals surface area contributed by atoms with Gasteiger partial charge in [0, 0.05) is 44.1 Å². The number of nitrogens with zero attached hydrogens (tertiary/aromatic N) is 2. The molecular weight excluding hydrogens is 276 g/mol. The number of aromatic amines is 1. The molecule has 7 heteroatoms. The number of hydrogen-bond acceptors (Lipinski definition) is 4. The molecule has 0 amide bonds. The summed E-state index contributed by atoms with van der Waals surface area (Å²) in [5.41, 5.74) is 0.882. The molecule has 0 aliphatic carbocycles. The van der Waals surface area contributed by atoms with E-state index in [1.807, 2.05) is 7.05 Å². The van der Waals surface area contributed by atoms with Crippen molar-refractivity contribution in [1.29, 1.82) is 0 Å². The van der Waals surface area contributed by atoms with Gasteiger partial charge in [0.15, 0.2) is 0 Å². The minimum atomic E-state index is -3.38. The zero-order valence-corrected chi connectivity index (χ0v) is 13.2. The van der Waals surface area contributed by atoms with Gasteiger partial charge in [0.25, 0.3) is 0 Å². The topological polar surface area (TPSA) is 68.4 Å². The maximum atomic E-state index is 12.6. The van der Waals surface area contributed by atoms with Gasteiger partial charge in [-0.05, 0) is 26.6 Å². The van der Waals surface area contributed by atoms with E-state index in [0.29, 0.717) is 30.6 Å². The van der Waals surface area contributed by atoms with Crippen LogP contribution >= 0.6 is 0 Å². The third-order valence-electron chi connectivity index (χ3n) is 3.93. The molecule has 2 N–H and O–H groups in total. The predicted molar refractivity (Wildman–Crippen MR) is 79.0 cm³/mol. The van der Waals surface area contributed by atoms with Gasteiger partial charge in [-0.15, -0.1) is 0 Å². The van der Waals surface area contributed by atoms with E-state index in [4.69, 9.17) is 0 Å². The minimum Gasteiger partial charge on any atom is -0.363 e. The van der Waals surface area contributed by atoms with Crippen molar-refractivity contribution in [3.05, 3.63) is 18.0 Å². The van der Waals surface area contributed by atoms with Crippen LogP contribution in [0.2, 0.25) is 0 Å². The van der Waals surface area contributed by atoms with Crippen molar-refractivity contribution in [3.8, 4) is 0 Å². The van der Waals surface area contributed by atoms with Gasteiger partial charge < -0.3 is 15.2 Å². The van der Waals surface area contributed by atoms with Gasteiger partial charge in [-0.1, -0.05) is 6.92 Å². The average molecular weight is 300 g/mol. The van der Waals surface area contributed by atoms with E-state index >= 15 is 0 Å².